The van der Waals surface area contributed by atoms with Crippen molar-refractivity contribution in [2.75, 3.05) is 0 Å². The summed E-state index contributed by atoms with van der Waals surface area (Å²) >= 11 is 5.86. The number of aromatic carboxylic acids is 1. The van der Waals surface area contributed by atoms with Crippen LogP contribution in [0.4, 0.5) is 0 Å². The van der Waals surface area contributed by atoms with Gasteiger partial charge in [-0.1, -0.05) is 25.4 Å². The van der Waals surface area contributed by atoms with Crippen LogP contribution in [0.2, 0.25) is 5.02 Å². The molecule has 0 aliphatic heterocycles. The second kappa shape index (κ2) is 5.88. The zero-order chi connectivity index (χ0) is 14.7. The maximum Gasteiger partial charge on any atom is 0.339 e. The molecule has 20 heavy (non-hydrogen) atoms. The Balaban J connectivity index is 2.36. The van der Waals surface area contributed by atoms with Gasteiger partial charge in [-0.15, -0.1) is 0 Å². The van der Waals surface area contributed by atoms with Crippen molar-refractivity contribution in [3.05, 3.63) is 46.9 Å². The molecule has 0 atom stereocenters. The van der Waals surface area contributed by atoms with E-state index in [4.69, 9.17) is 21.4 Å². The molecule has 0 aliphatic carbocycles. The van der Waals surface area contributed by atoms with Gasteiger partial charge < -0.3 is 9.84 Å². The van der Waals surface area contributed by atoms with Gasteiger partial charge in [-0.2, -0.15) is 0 Å². The van der Waals surface area contributed by atoms with Crippen molar-refractivity contribution in [3.63, 3.8) is 0 Å². The van der Waals surface area contributed by atoms with Gasteiger partial charge in [0.05, 0.1) is 5.69 Å². The van der Waals surface area contributed by atoms with Crippen LogP contribution in [0, 0.1) is 0 Å². The Morgan fingerprint density at radius 2 is 2.05 bits per heavy atom. The molecular weight excluding hydrogens is 280 g/mol. The van der Waals surface area contributed by atoms with Crippen LogP contribution in [-0.2, 0) is 0 Å². The molecule has 1 heterocycles. The first kappa shape index (κ1) is 14.3. The largest absolute Gasteiger partial charge is 0.478 e. The minimum Gasteiger partial charge on any atom is -0.478 e. The second-order valence-electron chi connectivity index (χ2n) is 4.48. The topological polar surface area (TPSA) is 72.3 Å². The van der Waals surface area contributed by atoms with Crippen LogP contribution >= 0.6 is 11.6 Å². The molecule has 0 saturated carbocycles. The van der Waals surface area contributed by atoms with Gasteiger partial charge in [-0.05, 0) is 18.1 Å². The number of hydrogen-bond acceptors (Lipinski definition) is 4. The van der Waals surface area contributed by atoms with Gasteiger partial charge in [0.1, 0.15) is 17.6 Å². The van der Waals surface area contributed by atoms with Crippen LogP contribution in [0.3, 0.4) is 0 Å². The van der Waals surface area contributed by atoms with E-state index in [0.717, 1.165) is 5.69 Å². The highest BCUT2D eigenvalue weighted by atomic mass is 35.5. The SMILES string of the molecule is CC(C)c1cc(Oc2cc(Cl)ccc2C(=O)O)ncn1. The van der Waals surface area contributed by atoms with Crippen LogP contribution in [0.5, 0.6) is 11.6 Å². The minimum atomic E-state index is -1.09. The van der Waals surface area contributed by atoms with Gasteiger partial charge in [0.25, 0.3) is 0 Å². The Bertz CT molecular complexity index is 644. The molecule has 0 saturated heterocycles. The first-order chi connectivity index (χ1) is 9.47. The predicted octanol–water partition coefficient (Wildman–Crippen LogP) is 3.74. The van der Waals surface area contributed by atoms with Crippen molar-refractivity contribution >= 4 is 17.6 Å². The molecule has 0 fully saturated rings. The molecule has 5 nitrogen and oxygen atoms in total. The fourth-order valence-corrected chi connectivity index (χ4v) is 1.76. The van der Waals surface area contributed by atoms with E-state index < -0.39 is 5.97 Å². The lowest BCUT2D eigenvalue weighted by Crippen LogP contribution is -2.01. The smallest absolute Gasteiger partial charge is 0.339 e. The van der Waals surface area contributed by atoms with Gasteiger partial charge >= 0.3 is 5.97 Å². The van der Waals surface area contributed by atoms with E-state index in [0.29, 0.717) is 5.02 Å². The summed E-state index contributed by atoms with van der Waals surface area (Å²) in [6, 6.07) is 6.02. The number of carboxylic acid groups (broad SMARTS) is 1. The van der Waals surface area contributed by atoms with Crippen LogP contribution in [0.25, 0.3) is 0 Å². The highest BCUT2D eigenvalue weighted by Crippen LogP contribution is 2.28. The fourth-order valence-electron chi connectivity index (χ4n) is 1.59. The highest BCUT2D eigenvalue weighted by molar-refractivity contribution is 6.30. The number of nitrogens with zero attached hydrogens (tertiary/aromatic N) is 2. The van der Waals surface area contributed by atoms with E-state index in [1.165, 1.54) is 24.5 Å². The lowest BCUT2D eigenvalue weighted by Gasteiger charge is -2.10. The maximum atomic E-state index is 11.1. The van der Waals surface area contributed by atoms with Crippen molar-refractivity contribution in [1.29, 1.82) is 0 Å². The Morgan fingerprint density at radius 3 is 2.70 bits per heavy atom. The molecule has 1 aromatic carbocycles. The van der Waals surface area contributed by atoms with Crippen molar-refractivity contribution in [2.45, 2.75) is 19.8 Å². The molecule has 1 N–H and O–H groups in total. The van der Waals surface area contributed by atoms with E-state index >= 15 is 0 Å². The average molecular weight is 293 g/mol. The standard InChI is InChI=1S/C14H13ClN2O3/c1-8(2)11-6-13(17-7-16-11)20-12-5-9(15)3-4-10(12)14(18)19/h3-8H,1-2H3,(H,18,19). The summed E-state index contributed by atoms with van der Waals surface area (Å²) < 4.78 is 5.53. The number of halogens is 1. The number of benzene rings is 1. The van der Waals surface area contributed by atoms with Gasteiger partial charge in [0.15, 0.2) is 0 Å². The molecule has 6 heteroatoms. The van der Waals surface area contributed by atoms with E-state index in [1.54, 1.807) is 6.07 Å². The summed E-state index contributed by atoms with van der Waals surface area (Å²) in [5.41, 5.74) is 0.841. The predicted molar refractivity (Wildman–Crippen MR) is 74.6 cm³/mol. The Kier molecular flexibility index (Phi) is 4.20. The number of carbonyl (C=O) groups is 1. The van der Waals surface area contributed by atoms with Crippen LogP contribution in [0.1, 0.15) is 35.8 Å². The Labute approximate surface area is 121 Å². The summed E-state index contributed by atoms with van der Waals surface area (Å²) in [5, 5.41) is 9.51. The fraction of sp³-hybridized carbons (Fsp3) is 0.214. The molecule has 2 rings (SSSR count). The molecule has 104 valence electrons. The first-order valence-electron chi connectivity index (χ1n) is 6.00. The van der Waals surface area contributed by atoms with E-state index in [2.05, 4.69) is 9.97 Å². The van der Waals surface area contributed by atoms with Gasteiger partial charge in [0.2, 0.25) is 5.88 Å². The molecule has 2 aromatic rings. The highest BCUT2D eigenvalue weighted by Gasteiger charge is 2.14. The van der Waals surface area contributed by atoms with Crippen molar-refractivity contribution in [1.82, 2.24) is 9.97 Å². The Hall–Kier alpha value is -2.14. The number of ether oxygens (including phenoxy) is 1. The zero-order valence-electron chi connectivity index (χ0n) is 11.0. The van der Waals surface area contributed by atoms with E-state index in [1.807, 2.05) is 13.8 Å². The number of aromatic nitrogens is 2. The Morgan fingerprint density at radius 1 is 1.30 bits per heavy atom. The van der Waals surface area contributed by atoms with E-state index in [-0.39, 0.29) is 23.1 Å². The third-order valence-corrected chi connectivity index (χ3v) is 2.88. The van der Waals surface area contributed by atoms with Crippen molar-refractivity contribution < 1.29 is 14.6 Å². The zero-order valence-corrected chi connectivity index (χ0v) is 11.8. The molecular formula is C14H13ClN2O3. The summed E-state index contributed by atoms with van der Waals surface area (Å²) in [6.07, 6.45) is 1.38. The second-order valence-corrected chi connectivity index (χ2v) is 4.92. The molecule has 0 radical (unpaired) electrons. The first-order valence-corrected chi connectivity index (χ1v) is 6.38. The summed E-state index contributed by atoms with van der Waals surface area (Å²) in [4.78, 5) is 19.2. The molecule has 0 spiro atoms. The van der Waals surface area contributed by atoms with Crippen molar-refractivity contribution in [2.24, 2.45) is 0 Å². The van der Waals surface area contributed by atoms with Crippen LogP contribution in [0.15, 0.2) is 30.6 Å². The molecule has 0 aliphatic rings. The number of hydrogen-bond donors (Lipinski definition) is 1. The van der Waals surface area contributed by atoms with Gasteiger partial charge in [-0.25, -0.2) is 14.8 Å². The molecule has 1 aromatic heterocycles. The summed E-state index contributed by atoms with van der Waals surface area (Å²) in [6.45, 7) is 3.99. The molecule has 0 amide bonds. The monoisotopic (exact) mass is 292 g/mol. The third kappa shape index (κ3) is 3.24. The minimum absolute atomic E-state index is 0.0270. The lowest BCUT2D eigenvalue weighted by atomic mass is 10.1. The lowest BCUT2D eigenvalue weighted by molar-refractivity contribution is 0.0694. The maximum absolute atomic E-state index is 11.1. The van der Waals surface area contributed by atoms with Crippen LogP contribution < -0.4 is 4.74 Å². The third-order valence-electron chi connectivity index (χ3n) is 2.64. The normalized spacial score (nSPS) is 10.6. The van der Waals surface area contributed by atoms with E-state index in [9.17, 15) is 4.79 Å². The average Bonchev–Trinajstić information content (AvgIpc) is 2.38. The van der Waals surface area contributed by atoms with Gasteiger partial charge in [0, 0.05) is 17.2 Å². The molecule has 0 unspecified atom stereocenters. The summed E-state index contributed by atoms with van der Waals surface area (Å²) in [7, 11) is 0. The quantitative estimate of drug-likeness (QED) is 0.929. The number of rotatable bonds is 4. The summed E-state index contributed by atoms with van der Waals surface area (Å²) in [5.74, 6) is -0.430. The van der Waals surface area contributed by atoms with Gasteiger partial charge in [-0.3, -0.25) is 0 Å². The number of carboxylic acids is 1. The van der Waals surface area contributed by atoms with Crippen LogP contribution in [-0.4, -0.2) is 21.0 Å². The molecule has 0 bridgehead atoms. The van der Waals surface area contributed by atoms with Crippen molar-refractivity contribution in [3.8, 4) is 11.6 Å².